The first kappa shape index (κ1) is 13.0. The van der Waals surface area contributed by atoms with Gasteiger partial charge in [0, 0.05) is 36.2 Å². The summed E-state index contributed by atoms with van der Waals surface area (Å²) in [5.74, 6) is 0.220. The number of halogens is 2. The fourth-order valence-corrected chi connectivity index (χ4v) is 2.22. The van der Waals surface area contributed by atoms with Crippen LogP contribution in [-0.2, 0) is 4.79 Å². The van der Waals surface area contributed by atoms with Gasteiger partial charge in [0.25, 0.3) is 5.91 Å². The minimum Gasteiger partial charge on any atom is -0.320 e. The molecule has 0 unspecified atom stereocenters. The average Bonchev–Trinajstić information content (AvgIpc) is 2.90. The number of carbonyl (C=O) groups is 1. The quantitative estimate of drug-likeness (QED) is 0.909. The SMILES string of the molecule is O=C(Nc1c(Cl)cncc1Cl)C1=CN=C2N=NC=C2C1. The van der Waals surface area contributed by atoms with E-state index in [1.165, 1.54) is 18.6 Å². The van der Waals surface area contributed by atoms with Crippen molar-refractivity contribution in [1.82, 2.24) is 4.98 Å². The van der Waals surface area contributed by atoms with Crippen molar-refractivity contribution >= 4 is 40.6 Å². The van der Waals surface area contributed by atoms with E-state index in [1.807, 2.05) is 0 Å². The molecule has 0 radical (unpaired) electrons. The zero-order valence-electron chi connectivity index (χ0n) is 9.97. The molecule has 1 aromatic heterocycles. The number of amidine groups is 1. The van der Waals surface area contributed by atoms with Crippen molar-refractivity contribution in [3.63, 3.8) is 0 Å². The number of fused-ring (bicyclic) bond motifs is 1. The molecule has 100 valence electrons. The van der Waals surface area contributed by atoms with E-state index in [0.717, 1.165) is 5.57 Å². The fourth-order valence-electron chi connectivity index (χ4n) is 1.76. The van der Waals surface area contributed by atoms with Crippen molar-refractivity contribution in [2.45, 2.75) is 6.42 Å². The molecule has 0 spiro atoms. The van der Waals surface area contributed by atoms with E-state index < -0.39 is 0 Å². The Kier molecular flexibility index (Phi) is 3.33. The van der Waals surface area contributed by atoms with Crippen LogP contribution in [0.2, 0.25) is 10.0 Å². The highest BCUT2D eigenvalue weighted by Crippen LogP contribution is 2.30. The number of aliphatic imine (C=N–C) groups is 1. The van der Waals surface area contributed by atoms with Gasteiger partial charge < -0.3 is 5.32 Å². The lowest BCUT2D eigenvalue weighted by atomic mass is 10.0. The molecule has 0 aliphatic carbocycles. The van der Waals surface area contributed by atoms with Gasteiger partial charge in [0.05, 0.1) is 21.9 Å². The minimum absolute atomic E-state index is 0.275. The zero-order chi connectivity index (χ0) is 14.1. The lowest BCUT2D eigenvalue weighted by molar-refractivity contribution is -0.112. The molecule has 0 saturated carbocycles. The molecular formula is C12H7Cl2N5O. The number of azo groups is 1. The Morgan fingerprint density at radius 3 is 2.70 bits per heavy atom. The number of nitrogens with zero attached hydrogens (tertiary/aromatic N) is 4. The Morgan fingerprint density at radius 2 is 1.95 bits per heavy atom. The number of nitrogens with one attached hydrogen (secondary N) is 1. The molecule has 2 aliphatic heterocycles. The second-order valence-electron chi connectivity index (χ2n) is 4.09. The molecule has 0 bridgehead atoms. The Labute approximate surface area is 123 Å². The topological polar surface area (TPSA) is 79.1 Å². The van der Waals surface area contributed by atoms with E-state index in [4.69, 9.17) is 23.2 Å². The van der Waals surface area contributed by atoms with E-state index in [1.54, 1.807) is 6.20 Å². The van der Waals surface area contributed by atoms with Crippen LogP contribution in [-0.4, -0.2) is 16.7 Å². The first-order valence-corrected chi connectivity index (χ1v) is 6.38. The molecular weight excluding hydrogens is 301 g/mol. The second kappa shape index (κ2) is 5.15. The van der Waals surface area contributed by atoms with E-state index in [-0.39, 0.29) is 16.0 Å². The molecule has 6 nitrogen and oxygen atoms in total. The molecule has 0 atom stereocenters. The molecule has 2 aliphatic rings. The maximum absolute atomic E-state index is 12.2. The lowest BCUT2D eigenvalue weighted by Gasteiger charge is -2.13. The smallest absolute Gasteiger partial charge is 0.253 e. The third-order valence-corrected chi connectivity index (χ3v) is 3.33. The van der Waals surface area contributed by atoms with Gasteiger partial charge in [-0.3, -0.25) is 9.78 Å². The summed E-state index contributed by atoms with van der Waals surface area (Å²) in [6.45, 7) is 0. The lowest BCUT2D eigenvalue weighted by Crippen LogP contribution is -2.18. The minimum atomic E-state index is -0.324. The number of hydrogen-bond acceptors (Lipinski definition) is 5. The molecule has 8 heteroatoms. The number of pyridine rings is 1. The summed E-state index contributed by atoms with van der Waals surface area (Å²) < 4.78 is 0. The van der Waals surface area contributed by atoms with Crippen LogP contribution in [0, 0.1) is 0 Å². The number of aromatic nitrogens is 1. The van der Waals surface area contributed by atoms with Crippen LogP contribution in [0.4, 0.5) is 5.69 Å². The largest absolute Gasteiger partial charge is 0.320 e. The highest BCUT2D eigenvalue weighted by Gasteiger charge is 2.22. The summed E-state index contributed by atoms with van der Waals surface area (Å²) in [6.07, 6.45) is 6.29. The van der Waals surface area contributed by atoms with Crippen molar-refractivity contribution in [1.29, 1.82) is 0 Å². The van der Waals surface area contributed by atoms with Gasteiger partial charge in [0.15, 0.2) is 5.84 Å². The van der Waals surface area contributed by atoms with Crippen LogP contribution < -0.4 is 5.32 Å². The van der Waals surface area contributed by atoms with Crippen molar-refractivity contribution in [3.8, 4) is 0 Å². The van der Waals surface area contributed by atoms with E-state index in [2.05, 4.69) is 25.5 Å². The molecule has 3 heterocycles. The van der Waals surface area contributed by atoms with Gasteiger partial charge in [-0.1, -0.05) is 23.2 Å². The van der Waals surface area contributed by atoms with Gasteiger partial charge >= 0.3 is 0 Å². The van der Waals surface area contributed by atoms with Crippen LogP contribution in [0.1, 0.15) is 6.42 Å². The Morgan fingerprint density at radius 1 is 1.20 bits per heavy atom. The van der Waals surface area contributed by atoms with Gasteiger partial charge in [-0.25, -0.2) is 4.99 Å². The number of rotatable bonds is 2. The monoisotopic (exact) mass is 307 g/mol. The molecule has 0 aromatic carbocycles. The predicted octanol–water partition coefficient (Wildman–Crippen LogP) is 3.36. The fraction of sp³-hybridized carbons (Fsp3) is 0.0833. The maximum atomic E-state index is 12.2. The predicted molar refractivity (Wildman–Crippen MR) is 76.0 cm³/mol. The molecule has 3 rings (SSSR count). The number of carbonyl (C=O) groups excluding carboxylic acids is 1. The van der Waals surface area contributed by atoms with Gasteiger partial charge in [0.1, 0.15) is 0 Å². The number of amides is 1. The van der Waals surface area contributed by atoms with Crippen molar-refractivity contribution in [2.75, 3.05) is 5.32 Å². The third kappa shape index (κ3) is 2.35. The Balaban J connectivity index is 1.81. The van der Waals surface area contributed by atoms with E-state index in [0.29, 0.717) is 23.5 Å². The summed E-state index contributed by atoms with van der Waals surface area (Å²) in [5.41, 5.74) is 1.62. The van der Waals surface area contributed by atoms with Crippen LogP contribution in [0.5, 0.6) is 0 Å². The zero-order valence-corrected chi connectivity index (χ0v) is 11.5. The summed E-state index contributed by atoms with van der Waals surface area (Å²) in [5, 5.41) is 10.8. The summed E-state index contributed by atoms with van der Waals surface area (Å²) in [4.78, 5) is 20.1. The maximum Gasteiger partial charge on any atom is 0.253 e. The first-order valence-electron chi connectivity index (χ1n) is 5.62. The summed E-state index contributed by atoms with van der Waals surface area (Å²) in [7, 11) is 0. The van der Waals surface area contributed by atoms with E-state index in [9.17, 15) is 4.79 Å². The summed E-state index contributed by atoms with van der Waals surface area (Å²) >= 11 is 11.9. The van der Waals surface area contributed by atoms with Crippen LogP contribution >= 0.6 is 23.2 Å². The van der Waals surface area contributed by atoms with Crippen LogP contribution in [0.3, 0.4) is 0 Å². The normalized spacial score (nSPS) is 16.2. The molecule has 1 amide bonds. The number of anilines is 1. The summed E-state index contributed by atoms with van der Waals surface area (Å²) in [6, 6.07) is 0. The van der Waals surface area contributed by atoms with Crippen molar-refractivity contribution in [3.05, 3.63) is 46.0 Å². The molecule has 1 aromatic rings. The second-order valence-corrected chi connectivity index (χ2v) is 4.90. The molecule has 20 heavy (non-hydrogen) atoms. The van der Waals surface area contributed by atoms with Crippen molar-refractivity contribution < 1.29 is 4.79 Å². The van der Waals surface area contributed by atoms with Gasteiger partial charge in [-0.05, 0) is 0 Å². The third-order valence-electron chi connectivity index (χ3n) is 2.76. The van der Waals surface area contributed by atoms with Gasteiger partial charge in [-0.15, -0.1) is 5.11 Å². The first-order chi connectivity index (χ1) is 9.65. The Bertz CT molecular complexity index is 700. The highest BCUT2D eigenvalue weighted by atomic mass is 35.5. The van der Waals surface area contributed by atoms with E-state index >= 15 is 0 Å². The van der Waals surface area contributed by atoms with Gasteiger partial charge in [0.2, 0.25) is 0 Å². The number of hydrogen-bond donors (Lipinski definition) is 1. The average molecular weight is 308 g/mol. The van der Waals surface area contributed by atoms with Crippen LogP contribution in [0.25, 0.3) is 0 Å². The molecule has 1 N–H and O–H groups in total. The van der Waals surface area contributed by atoms with Crippen molar-refractivity contribution in [2.24, 2.45) is 15.2 Å². The molecule has 0 saturated heterocycles. The Hall–Kier alpha value is -2.05. The standard InChI is InChI=1S/C12H7Cl2N5O/c13-8-4-15-5-9(14)10(8)18-12(20)7-1-6-3-17-19-11(6)16-2-7/h2-5H,1H2,(H,15,18,20). The highest BCUT2D eigenvalue weighted by molar-refractivity contribution is 6.39. The molecule has 0 fully saturated rings. The van der Waals surface area contributed by atoms with Crippen LogP contribution in [0.15, 0.2) is 51.2 Å². The van der Waals surface area contributed by atoms with Gasteiger partial charge in [-0.2, -0.15) is 5.11 Å².